The number of hydrogen-bond donors (Lipinski definition) is 3. The Morgan fingerprint density at radius 3 is 2.15 bits per heavy atom. The highest BCUT2D eigenvalue weighted by molar-refractivity contribution is 7.80. The van der Waals surface area contributed by atoms with Crippen molar-refractivity contribution in [1.29, 1.82) is 0 Å². The third-order valence-corrected chi connectivity index (χ3v) is 3.27. The molecule has 0 fully saturated rings. The third kappa shape index (κ3) is 2.46. The van der Waals surface area contributed by atoms with Crippen LogP contribution in [0.4, 0.5) is 0 Å². The summed E-state index contributed by atoms with van der Waals surface area (Å²) in [6, 6.07) is 5.15. The fourth-order valence-electron chi connectivity index (χ4n) is 0.845. The highest BCUT2D eigenvalue weighted by Gasteiger charge is 2.23. The van der Waals surface area contributed by atoms with Gasteiger partial charge >= 0.3 is 7.60 Å². The van der Waals surface area contributed by atoms with Crippen LogP contribution in [0.15, 0.2) is 29.2 Å². The Morgan fingerprint density at radius 2 is 1.77 bits per heavy atom. The highest BCUT2D eigenvalue weighted by atomic mass is 32.2. The summed E-state index contributed by atoms with van der Waals surface area (Å²) in [7, 11) is -4.46. The molecule has 1 rings (SSSR count). The van der Waals surface area contributed by atoms with Gasteiger partial charge in [0, 0.05) is 0 Å². The quantitative estimate of drug-likeness (QED) is 0.486. The van der Waals surface area contributed by atoms with Gasteiger partial charge in [-0.15, -0.1) is 0 Å². The molecule has 7 heteroatoms. The average Bonchev–Trinajstić information content (AvgIpc) is 2.03. The normalized spacial score (nSPS) is 14.1. The van der Waals surface area contributed by atoms with E-state index in [1.54, 1.807) is 0 Å². The summed E-state index contributed by atoms with van der Waals surface area (Å²) in [5, 5.41) is -0.407. The average molecular weight is 222 g/mol. The molecule has 1 atom stereocenters. The Labute approximate surface area is 76.9 Å². The first-order chi connectivity index (χ1) is 5.93. The van der Waals surface area contributed by atoms with E-state index in [4.69, 9.17) is 14.3 Å². The van der Waals surface area contributed by atoms with Gasteiger partial charge in [-0.05, 0) is 12.1 Å². The van der Waals surface area contributed by atoms with Crippen molar-refractivity contribution in [3.8, 4) is 0 Å². The van der Waals surface area contributed by atoms with E-state index in [0.29, 0.717) is 0 Å². The van der Waals surface area contributed by atoms with Crippen LogP contribution < -0.4 is 5.30 Å². The predicted molar refractivity (Wildman–Crippen MR) is 47.2 cm³/mol. The lowest BCUT2D eigenvalue weighted by molar-refractivity contribution is 0.386. The van der Waals surface area contributed by atoms with E-state index in [-0.39, 0.29) is 4.90 Å². The topological polar surface area (TPSA) is 94.8 Å². The van der Waals surface area contributed by atoms with Crippen LogP contribution in [-0.4, -0.2) is 18.5 Å². The lowest BCUT2D eigenvalue weighted by Crippen LogP contribution is -2.11. The molecule has 5 nitrogen and oxygen atoms in total. The molecule has 0 radical (unpaired) electrons. The smallest absolute Gasteiger partial charge is 0.321 e. The highest BCUT2D eigenvalue weighted by Crippen LogP contribution is 2.35. The first-order valence-corrected chi connectivity index (χ1v) is 5.91. The molecule has 0 spiro atoms. The molecule has 0 heterocycles. The molecule has 0 aliphatic heterocycles. The number of rotatable bonds is 2. The molecule has 3 N–H and O–H groups in total. The van der Waals surface area contributed by atoms with Crippen molar-refractivity contribution < 1.29 is 23.1 Å². The lowest BCUT2D eigenvalue weighted by atomic mass is 10.4. The molecule has 1 aromatic rings. The van der Waals surface area contributed by atoms with E-state index in [1.807, 2.05) is 0 Å². The molecular weight excluding hydrogens is 215 g/mol. The Kier molecular flexibility index (Phi) is 3.00. The molecule has 0 bridgehead atoms. The zero-order valence-electron chi connectivity index (χ0n) is 6.32. The van der Waals surface area contributed by atoms with Gasteiger partial charge in [0.15, 0.2) is 11.1 Å². The summed E-state index contributed by atoms with van der Waals surface area (Å²) in [6.07, 6.45) is 0. The van der Waals surface area contributed by atoms with E-state index in [9.17, 15) is 8.77 Å². The molecule has 72 valence electrons. The van der Waals surface area contributed by atoms with E-state index >= 15 is 0 Å². The Bertz CT molecular complexity index is 384. The van der Waals surface area contributed by atoms with Crippen LogP contribution >= 0.6 is 7.60 Å². The van der Waals surface area contributed by atoms with Crippen LogP contribution in [0.2, 0.25) is 0 Å². The first kappa shape index (κ1) is 10.6. The lowest BCUT2D eigenvalue weighted by Gasteiger charge is -2.06. The number of benzene rings is 1. The molecule has 0 amide bonds. The zero-order chi connectivity index (χ0) is 10.1. The van der Waals surface area contributed by atoms with Crippen LogP contribution in [0.3, 0.4) is 0 Å². The van der Waals surface area contributed by atoms with Gasteiger partial charge in [-0.25, -0.2) is 4.21 Å². The minimum Gasteiger partial charge on any atom is -0.321 e. The second-order valence-electron chi connectivity index (χ2n) is 2.26. The van der Waals surface area contributed by atoms with Gasteiger partial charge in [0.1, 0.15) is 0 Å². The maximum atomic E-state index is 10.8. The van der Waals surface area contributed by atoms with Crippen LogP contribution in [0.1, 0.15) is 0 Å². The Balaban J connectivity index is 3.37. The summed E-state index contributed by atoms with van der Waals surface area (Å²) in [5.74, 6) is 0. The van der Waals surface area contributed by atoms with Crippen molar-refractivity contribution in [3.63, 3.8) is 0 Å². The largest absolute Gasteiger partial charge is 0.357 e. The zero-order valence-corrected chi connectivity index (χ0v) is 8.03. The fourth-order valence-corrected chi connectivity index (χ4v) is 2.52. The van der Waals surface area contributed by atoms with Gasteiger partial charge in [0.2, 0.25) is 0 Å². The van der Waals surface area contributed by atoms with Gasteiger partial charge < -0.3 is 14.3 Å². The molecule has 1 aromatic carbocycles. The van der Waals surface area contributed by atoms with E-state index < -0.39 is 24.0 Å². The summed E-state index contributed by atoms with van der Waals surface area (Å²) in [5.41, 5.74) is 0. The van der Waals surface area contributed by atoms with Crippen LogP contribution in [0, 0.1) is 0 Å². The number of hydrogen-bond acceptors (Lipinski definition) is 2. The Morgan fingerprint density at radius 1 is 1.23 bits per heavy atom. The van der Waals surface area contributed by atoms with Crippen molar-refractivity contribution >= 4 is 24.0 Å². The molecule has 1 unspecified atom stereocenters. The van der Waals surface area contributed by atoms with Gasteiger partial charge in [-0.1, -0.05) is 12.1 Å². The maximum absolute atomic E-state index is 10.8. The first-order valence-electron chi connectivity index (χ1n) is 3.19. The van der Waals surface area contributed by atoms with Crippen LogP contribution in [0.5, 0.6) is 0 Å². The fraction of sp³-hybridized carbons (Fsp3) is 0. The van der Waals surface area contributed by atoms with Crippen molar-refractivity contribution in [3.05, 3.63) is 24.3 Å². The SMILES string of the molecule is O=S(O)c1ccccc1P(=O)(O)O. The molecule has 0 saturated heterocycles. The van der Waals surface area contributed by atoms with Gasteiger partial charge in [-0.2, -0.15) is 0 Å². The minimum absolute atomic E-state index is 0.254. The minimum atomic E-state index is -4.46. The summed E-state index contributed by atoms with van der Waals surface area (Å²) in [6.45, 7) is 0. The second kappa shape index (κ2) is 3.69. The Hall–Kier alpha value is -0.520. The predicted octanol–water partition coefficient (Wildman–Crippen LogP) is 0.0702. The molecular formula is C6H7O5PS. The third-order valence-electron chi connectivity index (χ3n) is 1.37. The van der Waals surface area contributed by atoms with Crippen LogP contribution in [0.25, 0.3) is 0 Å². The van der Waals surface area contributed by atoms with E-state index in [1.165, 1.54) is 18.2 Å². The van der Waals surface area contributed by atoms with Crippen molar-refractivity contribution in [2.24, 2.45) is 0 Å². The van der Waals surface area contributed by atoms with Gasteiger partial charge in [-0.3, -0.25) is 4.57 Å². The summed E-state index contributed by atoms with van der Waals surface area (Å²) >= 11 is -2.38. The standard InChI is InChI=1S/C6H7O5PS/c7-12(8,9)5-3-1-2-4-6(5)13(10)11/h1-4H,(H,10,11)(H2,7,8,9). The van der Waals surface area contributed by atoms with Gasteiger partial charge in [0.25, 0.3) is 0 Å². The van der Waals surface area contributed by atoms with E-state index in [2.05, 4.69) is 0 Å². The monoisotopic (exact) mass is 222 g/mol. The summed E-state index contributed by atoms with van der Waals surface area (Å²) < 4.78 is 30.1. The van der Waals surface area contributed by atoms with Gasteiger partial charge in [0.05, 0.1) is 10.2 Å². The maximum Gasteiger partial charge on any atom is 0.357 e. The van der Waals surface area contributed by atoms with Crippen molar-refractivity contribution in [2.45, 2.75) is 4.90 Å². The van der Waals surface area contributed by atoms with Crippen LogP contribution in [-0.2, 0) is 15.6 Å². The van der Waals surface area contributed by atoms with Crippen molar-refractivity contribution in [2.75, 3.05) is 0 Å². The second-order valence-corrected chi connectivity index (χ2v) is 4.77. The molecule has 0 saturated carbocycles. The molecule has 0 aliphatic carbocycles. The molecule has 0 aromatic heterocycles. The van der Waals surface area contributed by atoms with Crippen molar-refractivity contribution in [1.82, 2.24) is 0 Å². The molecule has 13 heavy (non-hydrogen) atoms. The van der Waals surface area contributed by atoms with E-state index in [0.717, 1.165) is 6.07 Å². The summed E-state index contributed by atoms with van der Waals surface area (Å²) in [4.78, 5) is 17.3. The molecule has 0 aliphatic rings.